The summed E-state index contributed by atoms with van der Waals surface area (Å²) in [7, 11) is 0. The molecule has 2 amide bonds. The minimum absolute atomic E-state index is 0.00910. The van der Waals surface area contributed by atoms with E-state index in [1.807, 2.05) is 0 Å². The van der Waals surface area contributed by atoms with Crippen LogP contribution >= 0.6 is 0 Å². The molecule has 0 fully saturated rings. The lowest BCUT2D eigenvalue weighted by molar-refractivity contribution is -0.757. The standard InChI is InChI=1S/C26H32N6O12/c27-24(30-26(36)44-21-13-9-19(10-14-21)5-3-17-42-32(39)40)28-15-1-6-22(23(33)34)29-25(35)43-20-11-7-18(8-12-20)4-2-16-41-31(37)38/h7-14,22H,1-6,15-17H2,(H,29,35)(H,33,34)(H3,27,28,30,36). The van der Waals surface area contributed by atoms with Crippen LogP contribution in [-0.2, 0) is 27.3 Å². The number of benzene rings is 2. The Morgan fingerprint density at radius 2 is 1.27 bits per heavy atom. The quantitative estimate of drug-likeness (QED) is 0.0528. The molecule has 18 nitrogen and oxygen atoms in total. The summed E-state index contributed by atoms with van der Waals surface area (Å²) < 4.78 is 10.2. The van der Waals surface area contributed by atoms with Crippen molar-refractivity contribution in [2.24, 2.45) is 0 Å². The average Bonchev–Trinajstić information content (AvgIpc) is 2.96. The molecule has 18 heteroatoms. The topological polar surface area (TPSA) is 255 Å². The molecule has 238 valence electrons. The molecule has 0 aromatic heterocycles. The second-order valence-electron chi connectivity index (χ2n) is 8.99. The van der Waals surface area contributed by atoms with E-state index in [0.29, 0.717) is 25.7 Å². The van der Waals surface area contributed by atoms with Crippen molar-refractivity contribution in [2.45, 2.75) is 44.6 Å². The van der Waals surface area contributed by atoms with E-state index in [2.05, 4.69) is 25.6 Å². The molecule has 5 N–H and O–H groups in total. The SMILES string of the molecule is N=C(NCCCC(NC(=O)Oc1ccc(CCCO[N+](=O)[O-])cc1)C(=O)O)NC(=O)Oc1ccc(CCCO[N+](=O)[O-])cc1. The van der Waals surface area contributed by atoms with E-state index in [1.54, 1.807) is 24.3 Å². The van der Waals surface area contributed by atoms with Crippen LogP contribution in [0.4, 0.5) is 9.59 Å². The fraction of sp³-hybridized carbons (Fsp3) is 0.385. The summed E-state index contributed by atoms with van der Waals surface area (Å²) >= 11 is 0. The molecule has 0 radical (unpaired) electrons. The molecule has 0 aliphatic carbocycles. The number of nitrogens with zero attached hydrogens (tertiary/aromatic N) is 2. The van der Waals surface area contributed by atoms with Gasteiger partial charge in [-0.25, -0.2) is 14.4 Å². The van der Waals surface area contributed by atoms with Crippen molar-refractivity contribution in [3.05, 3.63) is 79.9 Å². The number of guanidine groups is 1. The van der Waals surface area contributed by atoms with E-state index in [1.165, 1.54) is 24.3 Å². The number of nitrogens with one attached hydrogen (secondary N) is 4. The van der Waals surface area contributed by atoms with Crippen molar-refractivity contribution in [3.8, 4) is 11.5 Å². The van der Waals surface area contributed by atoms with Gasteiger partial charge in [0, 0.05) is 6.54 Å². The van der Waals surface area contributed by atoms with E-state index >= 15 is 0 Å². The van der Waals surface area contributed by atoms with Crippen LogP contribution in [0.2, 0.25) is 0 Å². The molecular formula is C26H32N6O12. The predicted octanol–water partition coefficient (Wildman–Crippen LogP) is 2.60. The molecule has 0 saturated carbocycles. The van der Waals surface area contributed by atoms with Gasteiger partial charge in [-0.15, -0.1) is 20.2 Å². The zero-order valence-corrected chi connectivity index (χ0v) is 23.4. The molecule has 2 aromatic carbocycles. The molecule has 1 atom stereocenters. The monoisotopic (exact) mass is 620 g/mol. The Hall–Kier alpha value is -5.68. The second kappa shape index (κ2) is 18.7. The highest BCUT2D eigenvalue weighted by Gasteiger charge is 2.21. The Balaban J connectivity index is 1.65. The van der Waals surface area contributed by atoms with Gasteiger partial charge in [0.1, 0.15) is 17.5 Å². The van der Waals surface area contributed by atoms with E-state index in [9.17, 15) is 39.7 Å². The summed E-state index contributed by atoms with van der Waals surface area (Å²) in [5.41, 5.74) is 1.69. The average molecular weight is 621 g/mol. The van der Waals surface area contributed by atoms with Crippen LogP contribution in [-0.4, -0.2) is 65.2 Å². The Morgan fingerprint density at radius 1 is 0.795 bits per heavy atom. The van der Waals surface area contributed by atoms with E-state index < -0.39 is 34.4 Å². The third-order valence-corrected chi connectivity index (χ3v) is 5.67. The molecule has 0 spiro atoms. The van der Waals surface area contributed by atoms with Crippen molar-refractivity contribution in [1.82, 2.24) is 16.0 Å². The summed E-state index contributed by atoms with van der Waals surface area (Å²) in [4.78, 5) is 64.6. The number of hydrogen-bond acceptors (Lipinski definition) is 12. The number of amides is 2. The van der Waals surface area contributed by atoms with Crippen LogP contribution in [0.1, 0.15) is 36.8 Å². The van der Waals surface area contributed by atoms with Crippen LogP contribution in [0.3, 0.4) is 0 Å². The fourth-order valence-corrected chi connectivity index (χ4v) is 3.61. The van der Waals surface area contributed by atoms with Crippen LogP contribution in [0, 0.1) is 25.6 Å². The van der Waals surface area contributed by atoms with E-state index in [4.69, 9.17) is 14.9 Å². The lowest BCUT2D eigenvalue weighted by Gasteiger charge is -2.15. The lowest BCUT2D eigenvalue weighted by atomic mass is 10.1. The van der Waals surface area contributed by atoms with Crippen molar-refractivity contribution in [1.29, 1.82) is 5.41 Å². The molecule has 0 saturated heterocycles. The zero-order valence-electron chi connectivity index (χ0n) is 23.4. The highest BCUT2D eigenvalue weighted by molar-refractivity contribution is 5.92. The summed E-state index contributed by atoms with van der Waals surface area (Å²) in [6.45, 7) is 0.0218. The normalized spacial score (nSPS) is 10.9. The summed E-state index contributed by atoms with van der Waals surface area (Å²) in [5, 5.41) is 42.9. The Morgan fingerprint density at radius 3 is 1.73 bits per heavy atom. The van der Waals surface area contributed by atoms with Crippen molar-refractivity contribution < 1.29 is 48.8 Å². The van der Waals surface area contributed by atoms with Gasteiger partial charge in [-0.1, -0.05) is 24.3 Å². The summed E-state index contributed by atoms with van der Waals surface area (Å²) in [5.74, 6) is -1.30. The fourth-order valence-electron chi connectivity index (χ4n) is 3.61. The van der Waals surface area contributed by atoms with Gasteiger partial charge in [-0.2, -0.15) is 0 Å². The first-order valence-corrected chi connectivity index (χ1v) is 13.3. The maximum Gasteiger partial charge on any atom is 0.419 e. The summed E-state index contributed by atoms with van der Waals surface area (Å²) in [6.07, 6.45) is 0.169. The highest BCUT2D eigenvalue weighted by Crippen LogP contribution is 2.15. The van der Waals surface area contributed by atoms with Crippen molar-refractivity contribution in [2.75, 3.05) is 19.8 Å². The van der Waals surface area contributed by atoms with Gasteiger partial charge in [-0.3, -0.25) is 10.7 Å². The van der Waals surface area contributed by atoms with Gasteiger partial charge < -0.3 is 34.9 Å². The van der Waals surface area contributed by atoms with Crippen LogP contribution in [0.25, 0.3) is 0 Å². The third-order valence-electron chi connectivity index (χ3n) is 5.67. The van der Waals surface area contributed by atoms with Gasteiger partial charge in [0.25, 0.3) is 10.2 Å². The number of rotatable bonds is 18. The van der Waals surface area contributed by atoms with Crippen molar-refractivity contribution >= 4 is 24.1 Å². The maximum atomic E-state index is 12.2. The van der Waals surface area contributed by atoms with E-state index in [-0.39, 0.29) is 50.1 Å². The van der Waals surface area contributed by atoms with Crippen LogP contribution in [0.5, 0.6) is 11.5 Å². The number of carbonyl (C=O) groups is 3. The van der Waals surface area contributed by atoms with Gasteiger partial charge in [-0.05, 0) is 73.9 Å². The van der Waals surface area contributed by atoms with Crippen LogP contribution in [0.15, 0.2) is 48.5 Å². The molecule has 0 aliphatic heterocycles. The minimum Gasteiger partial charge on any atom is -0.480 e. The van der Waals surface area contributed by atoms with Gasteiger partial charge in [0.2, 0.25) is 0 Å². The number of hydrogen-bond donors (Lipinski definition) is 5. The Labute approximate surface area is 250 Å². The smallest absolute Gasteiger partial charge is 0.419 e. The number of carbonyl (C=O) groups excluding carboxylic acids is 2. The van der Waals surface area contributed by atoms with Gasteiger partial charge in [0.15, 0.2) is 5.96 Å². The second-order valence-corrected chi connectivity index (χ2v) is 8.99. The maximum absolute atomic E-state index is 12.2. The first-order chi connectivity index (χ1) is 21.0. The zero-order chi connectivity index (χ0) is 32.3. The number of aliphatic carboxylic acids is 1. The number of aryl methyl sites for hydroxylation is 2. The molecule has 2 rings (SSSR count). The van der Waals surface area contributed by atoms with Gasteiger partial charge >= 0.3 is 18.2 Å². The Bertz CT molecular complexity index is 1270. The number of carboxylic acids is 1. The molecule has 2 aromatic rings. The number of carboxylic acid groups (broad SMARTS) is 1. The summed E-state index contributed by atoms with van der Waals surface area (Å²) in [6, 6.07) is 11.5. The van der Waals surface area contributed by atoms with E-state index in [0.717, 1.165) is 11.1 Å². The van der Waals surface area contributed by atoms with Gasteiger partial charge in [0.05, 0.1) is 13.2 Å². The Kier molecular flexibility index (Phi) is 14.7. The molecule has 1 unspecified atom stereocenters. The molecule has 0 heterocycles. The third kappa shape index (κ3) is 14.8. The molecule has 44 heavy (non-hydrogen) atoms. The predicted molar refractivity (Wildman–Crippen MR) is 150 cm³/mol. The largest absolute Gasteiger partial charge is 0.480 e. The molecule has 0 aliphatic rings. The first kappa shape index (κ1) is 34.5. The van der Waals surface area contributed by atoms with Crippen molar-refractivity contribution in [3.63, 3.8) is 0 Å². The lowest BCUT2D eigenvalue weighted by Crippen LogP contribution is -2.44. The highest BCUT2D eigenvalue weighted by atomic mass is 17.0. The minimum atomic E-state index is -1.29. The van der Waals surface area contributed by atoms with Crippen LogP contribution < -0.4 is 25.4 Å². The first-order valence-electron chi connectivity index (χ1n) is 13.3. The number of ether oxygens (including phenoxy) is 2. The molecular weight excluding hydrogens is 588 g/mol. The molecule has 0 bridgehead atoms.